The van der Waals surface area contributed by atoms with Gasteiger partial charge in [-0.3, -0.25) is 14.4 Å². The molecule has 0 atom stereocenters. The summed E-state index contributed by atoms with van der Waals surface area (Å²) in [5.41, 5.74) is -0.0502. The maximum absolute atomic E-state index is 12.1. The lowest BCUT2D eigenvalue weighted by Gasteiger charge is -2.25. The maximum atomic E-state index is 12.1. The van der Waals surface area contributed by atoms with Crippen molar-refractivity contribution in [1.82, 2.24) is 14.8 Å². The Labute approximate surface area is 110 Å². The lowest BCUT2D eigenvalue weighted by Crippen LogP contribution is -2.37. The van der Waals surface area contributed by atoms with E-state index in [1.165, 1.54) is 21.9 Å². The third kappa shape index (κ3) is 3.39. The van der Waals surface area contributed by atoms with E-state index in [1.54, 1.807) is 7.11 Å². The minimum absolute atomic E-state index is 0.206. The molecule has 1 aromatic heterocycles. The molecule has 1 aliphatic rings. The molecule has 0 aliphatic carbocycles. The third-order valence-electron chi connectivity index (χ3n) is 2.82. The number of nitrogens with zero attached hydrogens (tertiary/aromatic N) is 3. The van der Waals surface area contributed by atoms with Crippen molar-refractivity contribution in [2.75, 3.05) is 26.9 Å². The predicted molar refractivity (Wildman–Crippen MR) is 66.6 cm³/mol. The maximum Gasteiger partial charge on any atom is 0.297 e. The normalized spacial score (nSPS) is 15.5. The van der Waals surface area contributed by atoms with Gasteiger partial charge in [0, 0.05) is 19.7 Å². The number of amides is 1. The van der Waals surface area contributed by atoms with Crippen molar-refractivity contribution >= 4 is 5.91 Å². The van der Waals surface area contributed by atoms with Crippen molar-refractivity contribution in [2.24, 2.45) is 0 Å². The predicted octanol–water partition coefficient (Wildman–Crippen LogP) is 0.0573. The van der Waals surface area contributed by atoms with Crippen molar-refractivity contribution in [3.8, 4) is 0 Å². The number of methoxy groups -OCH3 is 1. The van der Waals surface area contributed by atoms with E-state index < -0.39 is 0 Å². The van der Waals surface area contributed by atoms with Gasteiger partial charge in [0.15, 0.2) is 5.69 Å². The molecule has 1 saturated heterocycles. The van der Waals surface area contributed by atoms with E-state index in [0.29, 0.717) is 26.3 Å². The number of rotatable bonds is 4. The molecule has 0 bridgehead atoms. The van der Waals surface area contributed by atoms with Crippen LogP contribution in [0.4, 0.5) is 0 Å². The molecule has 2 heterocycles. The Morgan fingerprint density at radius 2 is 2.32 bits per heavy atom. The fourth-order valence-corrected chi connectivity index (χ4v) is 1.79. The molecule has 1 fully saturated rings. The zero-order valence-electron chi connectivity index (χ0n) is 10.9. The summed E-state index contributed by atoms with van der Waals surface area (Å²) in [6.07, 6.45) is 1.86. The van der Waals surface area contributed by atoms with Gasteiger partial charge in [0.25, 0.3) is 11.5 Å². The minimum atomic E-state index is -0.314. The summed E-state index contributed by atoms with van der Waals surface area (Å²) in [6.45, 7) is 1.77. The average molecular weight is 267 g/mol. The average Bonchev–Trinajstić information content (AvgIpc) is 2.46. The van der Waals surface area contributed by atoms with Crippen molar-refractivity contribution in [2.45, 2.75) is 19.4 Å². The van der Waals surface area contributed by atoms with Gasteiger partial charge in [-0.1, -0.05) is 0 Å². The Morgan fingerprint density at radius 1 is 1.47 bits per heavy atom. The van der Waals surface area contributed by atoms with E-state index in [9.17, 15) is 9.59 Å². The molecule has 104 valence electrons. The first-order valence-electron chi connectivity index (χ1n) is 6.24. The van der Waals surface area contributed by atoms with Crippen molar-refractivity contribution < 1.29 is 14.4 Å². The molecule has 1 aromatic rings. The second kappa shape index (κ2) is 6.44. The lowest BCUT2D eigenvalue weighted by molar-refractivity contribution is -0.144. The molecule has 0 spiro atoms. The van der Waals surface area contributed by atoms with Crippen LogP contribution in [-0.4, -0.2) is 47.6 Å². The molecule has 1 aliphatic heterocycles. The highest BCUT2D eigenvalue weighted by molar-refractivity contribution is 5.91. The van der Waals surface area contributed by atoms with Crippen molar-refractivity contribution in [3.63, 3.8) is 0 Å². The quantitative estimate of drug-likeness (QED) is 0.771. The summed E-state index contributed by atoms with van der Waals surface area (Å²) < 4.78 is 6.12. The molecule has 0 saturated carbocycles. The van der Waals surface area contributed by atoms with Crippen LogP contribution in [0.5, 0.6) is 0 Å². The number of hydrogen-bond acceptors (Lipinski definition) is 5. The Kier molecular flexibility index (Phi) is 4.64. The van der Waals surface area contributed by atoms with E-state index >= 15 is 0 Å². The molecule has 2 rings (SSSR count). The van der Waals surface area contributed by atoms with E-state index in [2.05, 4.69) is 5.10 Å². The van der Waals surface area contributed by atoms with Gasteiger partial charge in [-0.25, -0.2) is 9.75 Å². The first kappa shape index (κ1) is 13.7. The summed E-state index contributed by atoms with van der Waals surface area (Å²) in [5.74, 6) is -0.314. The molecular formula is C12H17N3O4. The number of carbonyl (C=O) groups is 1. The Morgan fingerprint density at radius 3 is 3.00 bits per heavy atom. The van der Waals surface area contributed by atoms with Crippen LogP contribution in [0.2, 0.25) is 0 Å². The van der Waals surface area contributed by atoms with E-state index in [4.69, 9.17) is 9.57 Å². The standard InChI is InChI=1S/C12H17N3O4/c1-18-9-7-14-11(16)5-4-10(13-14)12(17)15-6-2-3-8-19-15/h4-5H,2-3,6-9H2,1H3. The van der Waals surface area contributed by atoms with E-state index in [-0.39, 0.29) is 17.2 Å². The van der Waals surface area contributed by atoms with Gasteiger partial charge in [-0.05, 0) is 18.9 Å². The molecule has 0 aromatic carbocycles. The molecule has 0 N–H and O–H groups in total. The third-order valence-corrected chi connectivity index (χ3v) is 2.82. The Balaban J connectivity index is 2.14. The van der Waals surface area contributed by atoms with Crippen LogP contribution in [0.25, 0.3) is 0 Å². The second-order valence-corrected chi connectivity index (χ2v) is 4.22. The van der Waals surface area contributed by atoms with Crippen molar-refractivity contribution in [1.29, 1.82) is 0 Å². The van der Waals surface area contributed by atoms with Crippen LogP contribution in [-0.2, 0) is 16.1 Å². The smallest absolute Gasteiger partial charge is 0.297 e. The monoisotopic (exact) mass is 267 g/mol. The number of hydroxylamine groups is 2. The highest BCUT2D eigenvalue weighted by atomic mass is 16.7. The van der Waals surface area contributed by atoms with Crippen molar-refractivity contribution in [3.05, 3.63) is 28.2 Å². The van der Waals surface area contributed by atoms with E-state index in [1.807, 2.05) is 0 Å². The first-order valence-corrected chi connectivity index (χ1v) is 6.24. The largest absolute Gasteiger partial charge is 0.383 e. The van der Waals surface area contributed by atoms with Crippen LogP contribution < -0.4 is 5.56 Å². The van der Waals surface area contributed by atoms with Crippen LogP contribution in [0.3, 0.4) is 0 Å². The van der Waals surface area contributed by atoms with Crippen LogP contribution in [0.1, 0.15) is 23.3 Å². The van der Waals surface area contributed by atoms with Gasteiger partial charge in [-0.15, -0.1) is 0 Å². The highest BCUT2D eigenvalue weighted by Crippen LogP contribution is 2.09. The molecule has 19 heavy (non-hydrogen) atoms. The molecule has 7 heteroatoms. The summed E-state index contributed by atoms with van der Waals surface area (Å²) >= 11 is 0. The Hall–Kier alpha value is -1.73. The van der Waals surface area contributed by atoms with Gasteiger partial charge >= 0.3 is 0 Å². The number of carbonyl (C=O) groups excluding carboxylic acids is 1. The summed E-state index contributed by atoms with van der Waals surface area (Å²) in [4.78, 5) is 29.0. The second-order valence-electron chi connectivity index (χ2n) is 4.22. The molecule has 0 radical (unpaired) electrons. The van der Waals surface area contributed by atoms with Gasteiger partial charge in [0.1, 0.15) is 0 Å². The molecular weight excluding hydrogens is 250 g/mol. The number of ether oxygens (including phenoxy) is 1. The topological polar surface area (TPSA) is 73.7 Å². The SMILES string of the molecule is COCCn1nc(C(=O)N2CCCCO2)ccc1=O. The van der Waals surface area contributed by atoms with Crippen LogP contribution in [0.15, 0.2) is 16.9 Å². The zero-order chi connectivity index (χ0) is 13.7. The first-order chi connectivity index (χ1) is 9.22. The fourth-order valence-electron chi connectivity index (χ4n) is 1.79. The van der Waals surface area contributed by atoms with Crippen LogP contribution >= 0.6 is 0 Å². The molecule has 7 nitrogen and oxygen atoms in total. The number of hydrogen-bond donors (Lipinski definition) is 0. The summed E-state index contributed by atoms with van der Waals surface area (Å²) in [6, 6.07) is 2.76. The minimum Gasteiger partial charge on any atom is -0.383 e. The molecule has 1 amide bonds. The fraction of sp³-hybridized carbons (Fsp3) is 0.583. The summed E-state index contributed by atoms with van der Waals surface area (Å²) in [7, 11) is 1.54. The van der Waals surface area contributed by atoms with Crippen LogP contribution in [0, 0.1) is 0 Å². The van der Waals surface area contributed by atoms with Gasteiger partial charge in [0.05, 0.1) is 19.8 Å². The number of aromatic nitrogens is 2. The van der Waals surface area contributed by atoms with Gasteiger partial charge in [-0.2, -0.15) is 5.10 Å². The zero-order valence-corrected chi connectivity index (χ0v) is 10.9. The van der Waals surface area contributed by atoms with E-state index in [0.717, 1.165) is 12.8 Å². The highest BCUT2D eigenvalue weighted by Gasteiger charge is 2.21. The van der Waals surface area contributed by atoms with Gasteiger partial charge < -0.3 is 4.74 Å². The molecule has 0 unspecified atom stereocenters. The Bertz CT molecular complexity index is 494. The van der Waals surface area contributed by atoms with Gasteiger partial charge in [0.2, 0.25) is 0 Å². The lowest BCUT2D eigenvalue weighted by atomic mass is 10.3. The summed E-state index contributed by atoms with van der Waals surface area (Å²) in [5, 5.41) is 5.34.